The average molecular weight is 255 g/mol. The van der Waals surface area contributed by atoms with Crippen LogP contribution in [0.1, 0.15) is 22.3 Å². The monoisotopic (exact) mass is 255 g/mol. The summed E-state index contributed by atoms with van der Waals surface area (Å²) >= 11 is 0. The van der Waals surface area contributed by atoms with Crippen molar-refractivity contribution in [2.75, 3.05) is 6.54 Å². The van der Waals surface area contributed by atoms with E-state index in [1.807, 2.05) is 18.2 Å². The van der Waals surface area contributed by atoms with Crippen molar-refractivity contribution < 1.29 is 4.79 Å². The molecule has 0 atom stereocenters. The van der Waals surface area contributed by atoms with E-state index in [2.05, 4.69) is 17.1 Å². The molecule has 19 heavy (non-hydrogen) atoms. The summed E-state index contributed by atoms with van der Waals surface area (Å²) in [4.78, 5) is 15.8. The minimum Gasteiger partial charge on any atom is -0.277 e. The zero-order valence-electron chi connectivity index (χ0n) is 10.7. The van der Waals surface area contributed by atoms with Gasteiger partial charge in [-0.3, -0.25) is 14.8 Å². The van der Waals surface area contributed by atoms with Crippen molar-refractivity contribution in [1.82, 2.24) is 9.99 Å². The maximum absolute atomic E-state index is 12.0. The first-order valence-corrected chi connectivity index (χ1v) is 6.28. The lowest BCUT2D eigenvalue weighted by Gasteiger charge is -2.16. The predicted molar refractivity (Wildman–Crippen MR) is 74.2 cm³/mol. The van der Waals surface area contributed by atoms with Gasteiger partial charge in [-0.05, 0) is 30.5 Å². The SMILES string of the molecule is NN(CCCc1ccccc1)C(=O)c1ccncc1. The first kappa shape index (κ1) is 13.2. The number of aryl methyl sites for hydroxylation is 1. The quantitative estimate of drug-likeness (QED) is 0.505. The van der Waals surface area contributed by atoms with E-state index in [1.165, 1.54) is 10.6 Å². The van der Waals surface area contributed by atoms with E-state index in [9.17, 15) is 4.79 Å². The van der Waals surface area contributed by atoms with Crippen molar-refractivity contribution in [3.05, 3.63) is 66.0 Å². The molecule has 0 aliphatic carbocycles. The molecule has 2 aromatic rings. The van der Waals surface area contributed by atoms with E-state index >= 15 is 0 Å². The summed E-state index contributed by atoms with van der Waals surface area (Å²) in [6.07, 6.45) is 4.94. The fourth-order valence-electron chi connectivity index (χ4n) is 1.86. The molecule has 0 saturated heterocycles. The Morgan fingerprint density at radius 1 is 1.11 bits per heavy atom. The zero-order valence-corrected chi connectivity index (χ0v) is 10.7. The van der Waals surface area contributed by atoms with Gasteiger partial charge >= 0.3 is 0 Å². The van der Waals surface area contributed by atoms with Crippen molar-refractivity contribution in [2.24, 2.45) is 5.84 Å². The van der Waals surface area contributed by atoms with E-state index < -0.39 is 0 Å². The van der Waals surface area contributed by atoms with Crippen LogP contribution in [0.15, 0.2) is 54.9 Å². The molecule has 0 fully saturated rings. The number of hydrogen-bond acceptors (Lipinski definition) is 3. The third-order valence-corrected chi connectivity index (χ3v) is 2.90. The minimum absolute atomic E-state index is 0.171. The molecule has 1 aromatic heterocycles. The number of aromatic nitrogens is 1. The first-order valence-electron chi connectivity index (χ1n) is 6.28. The Kier molecular flexibility index (Phi) is 4.64. The topological polar surface area (TPSA) is 59.2 Å². The van der Waals surface area contributed by atoms with Crippen LogP contribution in [0.4, 0.5) is 0 Å². The number of carbonyl (C=O) groups is 1. The highest BCUT2D eigenvalue weighted by molar-refractivity contribution is 5.93. The molecule has 0 spiro atoms. The number of hydrogen-bond donors (Lipinski definition) is 1. The van der Waals surface area contributed by atoms with Crippen LogP contribution in [0.5, 0.6) is 0 Å². The van der Waals surface area contributed by atoms with E-state index in [0.29, 0.717) is 12.1 Å². The van der Waals surface area contributed by atoms with Crippen molar-refractivity contribution in [2.45, 2.75) is 12.8 Å². The van der Waals surface area contributed by atoms with Gasteiger partial charge in [-0.15, -0.1) is 0 Å². The van der Waals surface area contributed by atoms with Crippen LogP contribution in [-0.4, -0.2) is 22.4 Å². The Hall–Kier alpha value is -2.20. The number of pyridine rings is 1. The fraction of sp³-hybridized carbons (Fsp3) is 0.200. The Morgan fingerprint density at radius 2 is 1.79 bits per heavy atom. The fourth-order valence-corrected chi connectivity index (χ4v) is 1.86. The molecule has 0 bridgehead atoms. The lowest BCUT2D eigenvalue weighted by Crippen LogP contribution is -2.38. The molecule has 0 unspecified atom stereocenters. The third-order valence-electron chi connectivity index (χ3n) is 2.90. The molecule has 2 rings (SSSR count). The van der Waals surface area contributed by atoms with Crippen molar-refractivity contribution in [3.8, 4) is 0 Å². The van der Waals surface area contributed by atoms with Gasteiger partial charge in [0.15, 0.2) is 0 Å². The molecule has 0 aliphatic heterocycles. The summed E-state index contributed by atoms with van der Waals surface area (Å²) in [5.41, 5.74) is 1.82. The minimum atomic E-state index is -0.171. The summed E-state index contributed by atoms with van der Waals surface area (Å²) in [6.45, 7) is 0.538. The molecule has 1 aromatic carbocycles. The van der Waals surface area contributed by atoms with E-state index in [4.69, 9.17) is 5.84 Å². The molecular weight excluding hydrogens is 238 g/mol. The van der Waals surface area contributed by atoms with Gasteiger partial charge in [0.25, 0.3) is 5.91 Å². The smallest absolute Gasteiger partial charge is 0.267 e. The van der Waals surface area contributed by atoms with Gasteiger partial charge in [0.1, 0.15) is 0 Å². The second kappa shape index (κ2) is 6.66. The lowest BCUT2D eigenvalue weighted by molar-refractivity contribution is 0.0753. The summed E-state index contributed by atoms with van der Waals surface area (Å²) in [5, 5.41) is 1.26. The van der Waals surface area contributed by atoms with Crippen LogP contribution in [0.25, 0.3) is 0 Å². The molecule has 4 heteroatoms. The van der Waals surface area contributed by atoms with Gasteiger partial charge in [-0.2, -0.15) is 0 Å². The highest BCUT2D eigenvalue weighted by atomic mass is 16.2. The number of amides is 1. The zero-order chi connectivity index (χ0) is 13.5. The number of rotatable bonds is 5. The van der Waals surface area contributed by atoms with Crippen molar-refractivity contribution >= 4 is 5.91 Å². The number of nitrogens with zero attached hydrogens (tertiary/aromatic N) is 2. The molecule has 2 N–H and O–H groups in total. The van der Waals surface area contributed by atoms with Crippen molar-refractivity contribution in [3.63, 3.8) is 0 Å². The molecule has 4 nitrogen and oxygen atoms in total. The molecule has 1 amide bonds. The number of carbonyl (C=O) groups excluding carboxylic acids is 1. The van der Waals surface area contributed by atoms with Gasteiger partial charge in [-0.25, -0.2) is 5.84 Å². The standard InChI is InChI=1S/C15H17N3O/c16-18(15(19)14-8-10-17-11-9-14)12-4-7-13-5-2-1-3-6-13/h1-3,5-6,8-11H,4,7,12,16H2. The summed E-state index contributed by atoms with van der Waals surface area (Å²) in [5.74, 6) is 5.61. The number of hydrazine groups is 1. The normalized spacial score (nSPS) is 10.2. The third kappa shape index (κ3) is 3.89. The van der Waals surface area contributed by atoms with Gasteiger partial charge in [0.05, 0.1) is 0 Å². The Labute approximate surface area is 112 Å². The van der Waals surface area contributed by atoms with Gasteiger partial charge in [0, 0.05) is 24.5 Å². The summed E-state index contributed by atoms with van der Waals surface area (Å²) < 4.78 is 0. The first-order chi connectivity index (χ1) is 9.27. The Bertz CT molecular complexity index is 513. The van der Waals surface area contributed by atoms with Crippen LogP contribution in [0.3, 0.4) is 0 Å². The van der Waals surface area contributed by atoms with E-state index in [1.54, 1.807) is 24.5 Å². The molecular formula is C15H17N3O. The number of benzene rings is 1. The van der Waals surface area contributed by atoms with E-state index in [0.717, 1.165) is 12.8 Å². The van der Waals surface area contributed by atoms with E-state index in [-0.39, 0.29) is 5.91 Å². The second-order valence-corrected chi connectivity index (χ2v) is 4.32. The average Bonchev–Trinajstić information content (AvgIpc) is 2.48. The van der Waals surface area contributed by atoms with Crippen LogP contribution >= 0.6 is 0 Å². The van der Waals surface area contributed by atoms with Crippen molar-refractivity contribution in [1.29, 1.82) is 0 Å². The molecule has 0 radical (unpaired) electrons. The van der Waals surface area contributed by atoms with Gasteiger partial charge in [0.2, 0.25) is 0 Å². The highest BCUT2D eigenvalue weighted by Crippen LogP contribution is 2.05. The van der Waals surface area contributed by atoms with Crippen LogP contribution < -0.4 is 5.84 Å². The number of nitrogens with two attached hydrogens (primary N) is 1. The van der Waals surface area contributed by atoms with Crippen LogP contribution in [0.2, 0.25) is 0 Å². The molecule has 1 heterocycles. The van der Waals surface area contributed by atoms with Crippen LogP contribution in [-0.2, 0) is 6.42 Å². The second-order valence-electron chi connectivity index (χ2n) is 4.32. The Balaban J connectivity index is 1.82. The van der Waals surface area contributed by atoms with Crippen LogP contribution in [0, 0.1) is 0 Å². The summed E-state index contributed by atoms with van der Waals surface area (Å²) in [6, 6.07) is 13.5. The molecule has 0 saturated carbocycles. The largest absolute Gasteiger partial charge is 0.277 e. The molecule has 98 valence electrons. The van der Waals surface area contributed by atoms with Gasteiger partial charge in [-0.1, -0.05) is 30.3 Å². The summed E-state index contributed by atoms with van der Waals surface area (Å²) in [7, 11) is 0. The maximum Gasteiger partial charge on any atom is 0.267 e. The Morgan fingerprint density at radius 3 is 2.47 bits per heavy atom. The maximum atomic E-state index is 12.0. The van der Waals surface area contributed by atoms with Gasteiger partial charge < -0.3 is 0 Å². The predicted octanol–water partition coefficient (Wildman–Crippen LogP) is 2.03. The highest BCUT2D eigenvalue weighted by Gasteiger charge is 2.11. The molecule has 0 aliphatic rings. The lowest BCUT2D eigenvalue weighted by atomic mass is 10.1.